The van der Waals surface area contributed by atoms with Crippen LogP contribution < -0.4 is 5.30 Å². The number of hydrogen-bond acceptors (Lipinski definition) is 2. The third-order valence-corrected chi connectivity index (χ3v) is 4.13. The molecule has 0 fully saturated rings. The fourth-order valence-corrected chi connectivity index (χ4v) is 2.50. The second kappa shape index (κ2) is 4.06. The van der Waals surface area contributed by atoms with Crippen LogP contribution in [0.2, 0.25) is 0 Å². The van der Waals surface area contributed by atoms with Gasteiger partial charge in [0, 0.05) is 10.2 Å². The Morgan fingerprint density at radius 3 is 2.58 bits per heavy atom. The van der Waals surface area contributed by atoms with E-state index in [0.29, 0.717) is 5.30 Å². The molecule has 0 aromatic heterocycles. The van der Waals surface area contributed by atoms with Gasteiger partial charge in [0.25, 0.3) is 5.85 Å². The largest absolute Gasteiger partial charge is 0.284 e. The smallest absolute Gasteiger partial charge is 0.281 e. The van der Waals surface area contributed by atoms with Gasteiger partial charge in [-0.1, -0.05) is 6.07 Å². The number of halogens is 2. The summed E-state index contributed by atoms with van der Waals surface area (Å²) in [6.45, 7) is 0. The van der Waals surface area contributed by atoms with Gasteiger partial charge in [-0.3, -0.25) is 4.57 Å². The van der Waals surface area contributed by atoms with Gasteiger partial charge in [-0.15, -0.1) is 11.8 Å². The van der Waals surface area contributed by atoms with Crippen molar-refractivity contribution in [2.75, 3.05) is 6.26 Å². The average Bonchev–Trinajstić information content (AvgIpc) is 2.03. The van der Waals surface area contributed by atoms with E-state index in [2.05, 4.69) is 0 Å². The highest BCUT2D eigenvalue weighted by molar-refractivity contribution is 8.13. The predicted molar refractivity (Wildman–Crippen MR) is 57.2 cm³/mol. The Kier molecular flexibility index (Phi) is 3.54. The van der Waals surface area contributed by atoms with E-state index in [9.17, 15) is 4.57 Å². The maximum atomic E-state index is 11.2. The van der Waals surface area contributed by atoms with Crippen molar-refractivity contribution in [3.63, 3.8) is 0 Å². The van der Waals surface area contributed by atoms with Crippen LogP contribution in [0.1, 0.15) is 0 Å². The summed E-state index contributed by atoms with van der Waals surface area (Å²) in [5, 5.41) is 0.498. The van der Waals surface area contributed by atoms with Crippen molar-refractivity contribution < 1.29 is 4.57 Å². The summed E-state index contributed by atoms with van der Waals surface area (Å²) in [7, 11) is 0. The fourth-order valence-electron chi connectivity index (χ4n) is 0.772. The molecule has 12 heavy (non-hydrogen) atoms. The highest BCUT2D eigenvalue weighted by atomic mass is 35.9. The van der Waals surface area contributed by atoms with Crippen molar-refractivity contribution in [3.05, 3.63) is 24.3 Å². The molecule has 0 atom stereocenters. The quantitative estimate of drug-likeness (QED) is 0.580. The summed E-state index contributed by atoms with van der Waals surface area (Å²) in [5.74, 6) is -3.13. The molecule has 0 spiro atoms. The van der Waals surface area contributed by atoms with Gasteiger partial charge in [0.15, 0.2) is 0 Å². The lowest BCUT2D eigenvalue weighted by atomic mass is 10.4. The maximum Gasteiger partial charge on any atom is 0.281 e. The summed E-state index contributed by atoms with van der Waals surface area (Å²) < 4.78 is 11.2. The highest BCUT2D eigenvalue weighted by Gasteiger charge is 2.16. The van der Waals surface area contributed by atoms with Gasteiger partial charge in [-0.2, -0.15) is 0 Å². The van der Waals surface area contributed by atoms with Crippen molar-refractivity contribution in [2.24, 2.45) is 0 Å². The first-order chi connectivity index (χ1) is 5.54. The molecule has 1 aromatic carbocycles. The van der Waals surface area contributed by atoms with E-state index in [0.717, 1.165) is 4.90 Å². The molecule has 66 valence electrons. The molecule has 0 N–H and O–H groups in total. The topological polar surface area (TPSA) is 17.1 Å². The van der Waals surface area contributed by atoms with E-state index >= 15 is 0 Å². The SMILES string of the molecule is CSc1cccc(P(=O)(Cl)Cl)c1. The summed E-state index contributed by atoms with van der Waals surface area (Å²) in [4.78, 5) is 1.01. The first-order valence-electron chi connectivity index (χ1n) is 3.18. The van der Waals surface area contributed by atoms with Crippen molar-refractivity contribution in [1.29, 1.82) is 0 Å². The molecule has 0 aliphatic carbocycles. The van der Waals surface area contributed by atoms with Gasteiger partial charge in [0.05, 0.1) is 0 Å². The number of hydrogen-bond donors (Lipinski definition) is 0. The zero-order valence-corrected chi connectivity index (χ0v) is 9.55. The molecule has 0 unspecified atom stereocenters. The molecule has 0 saturated carbocycles. The molecule has 0 radical (unpaired) electrons. The van der Waals surface area contributed by atoms with E-state index < -0.39 is 5.85 Å². The molecule has 1 nitrogen and oxygen atoms in total. The minimum absolute atomic E-state index is 0.498. The lowest BCUT2D eigenvalue weighted by molar-refractivity contribution is 0.597. The van der Waals surface area contributed by atoms with Gasteiger partial charge in [-0.05, 0) is 46.9 Å². The summed E-state index contributed by atoms with van der Waals surface area (Å²) in [6.07, 6.45) is 1.94. The average molecular weight is 241 g/mol. The Balaban J connectivity index is 3.11. The monoisotopic (exact) mass is 240 g/mol. The van der Waals surface area contributed by atoms with Crippen LogP contribution in [0.5, 0.6) is 0 Å². The normalized spacial score (nSPS) is 11.6. The third kappa shape index (κ3) is 2.70. The number of rotatable bonds is 2. The number of benzene rings is 1. The lowest BCUT2D eigenvalue weighted by Gasteiger charge is -2.02. The van der Waals surface area contributed by atoms with Crippen LogP contribution in [0.15, 0.2) is 29.2 Å². The van der Waals surface area contributed by atoms with E-state index in [-0.39, 0.29) is 0 Å². The Morgan fingerprint density at radius 2 is 2.08 bits per heavy atom. The Morgan fingerprint density at radius 1 is 1.42 bits per heavy atom. The van der Waals surface area contributed by atoms with Crippen LogP contribution in [0.4, 0.5) is 0 Å². The molecule has 0 amide bonds. The van der Waals surface area contributed by atoms with Crippen LogP contribution in [0, 0.1) is 0 Å². The molecule has 1 aromatic rings. The molecule has 5 heteroatoms. The summed E-state index contributed by atoms with van der Waals surface area (Å²) in [6, 6.07) is 7.11. The van der Waals surface area contributed by atoms with Crippen LogP contribution in [0.3, 0.4) is 0 Å². The molecule has 0 aliphatic heterocycles. The Hall–Kier alpha value is 0.380. The summed E-state index contributed by atoms with van der Waals surface area (Å²) in [5.41, 5.74) is 0. The molecule has 1 rings (SSSR count). The Labute approximate surface area is 85.4 Å². The van der Waals surface area contributed by atoms with E-state index in [1.165, 1.54) is 0 Å². The van der Waals surface area contributed by atoms with Crippen molar-refractivity contribution in [3.8, 4) is 0 Å². The van der Waals surface area contributed by atoms with Crippen LogP contribution >= 0.6 is 40.1 Å². The minimum atomic E-state index is -3.13. The predicted octanol–water partition coefficient (Wildman–Crippen LogP) is 3.70. The third-order valence-electron chi connectivity index (χ3n) is 1.35. The molecular formula is C7H7Cl2OPS. The van der Waals surface area contributed by atoms with Gasteiger partial charge >= 0.3 is 0 Å². The first-order valence-corrected chi connectivity index (χ1v) is 7.92. The van der Waals surface area contributed by atoms with E-state index in [1.807, 2.05) is 12.3 Å². The van der Waals surface area contributed by atoms with Gasteiger partial charge < -0.3 is 0 Å². The molecule has 0 saturated heterocycles. The zero-order valence-electron chi connectivity index (χ0n) is 6.33. The van der Waals surface area contributed by atoms with Crippen LogP contribution in [0.25, 0.3) is 0 Å². The van der Waals surface area contributed by atoms with Gasteiger partial charge in [0.2, 0.25) is 0 Å². The fraction of sp³-hybridized carbons (Fsp3) is 0.143. The molecule has 0 heterocycles. The summed E-state index contributed by atoms with van der Waals surface area (Å²) >= 11 is 12.6. The Bertz CT molecular complexity index is 323. The maximum absolute atomic E-state index is 11.2. The van der Waals surface area contributed by atoms with Crippen molar-refractivity contribution >= 4 is 45.4 Å². The highest BCUT2D eigenvalue weighted by Crippen LogP contribution is 2.55. The van der Waals surface area contributed by atoms with Crippen molar-refractivity contribution in [1.82, 2.24) is 0 Å². The van der Waals surface area contributed by atoms with Gasteiger partial charge in [-0.25, -0.2) is 0 Å². The minimum Gasteiger partial charge on any atom is -0.284 e. The number of thioether (sulfide) groups is 1. The van der Waals surface area contributed by atoms with Crippen LogP contribution in [-0.4, -0.2) is 6.26 Å². The van der Waals surface area contributed by atoms with Crippen LogP contribution in [-0.2, 0) is 4.57 Å². The second-order valence-electron chi connectivity index (χ2n) is 2.16. The molecule has 0 bridgehead atoms. The molecular weight excluding hydrogens is 234 g/mol. The first kappa shape index (κ1) is 10.5. The second-order valence-corrected chi connectivity index (χ2v) is 7.86. The van der Waals surface area contributed by atoms with E-state index in [1.54, 1.807) is 30.0 Å². The molecule has 0 aliphatic rings. The standard InChI is InChI=1S/C7H7Cl2OPS/c1-12-7-4-2-3-6(5-7)11(8,9)10/h2-5H,1H3. The van der Waals surface area contributed by atoms with Crippen molar-refractivity contribution in [2.45, 2.75) is 4.90 Å². The van der Waals surface area contributed by atoms with Gasteiger partial charge in [0.1, 0.15) is 0 Å². The van der Waals surface area contributed by atoms with E-state index in [4.69, 9.17) is 22.5 Å². The zero-order chi connectivity index (χ0) is 9.19. The lowest BCUT2D eigenvalue weighted by Crippen LogP contribution is -1.95.